The Labute approximate surface area is 74.0 Å². The quantitative estimate of drug-likeness (QED) is 0.704. The minimum absolute atomic E-state index is 0.148. The molecule has 1 aliphatic rings. The second-order valence-electron chi connectivity index (χ2n) is 3.97. The van der Waals surface area contributed by atoms with E-state index in [1.165, 1.54) is 25.7 Å². The van der Waals surface area contributed by atoms with Crippen molar-refractivity contribution in [1.29, 1.82) is 0 Å². The van der Waals surface area contributed by atoms with Crippen LogP contribution in [0.1, 0.15) is 45.4 Å². The van der Waals surface area contributed by atoms with Gasteiger partial charge >= 0.3 is 5.97 Å². The lowest BCUT2D eigenvalue weighted by Crippen LogP contribution is -2.10. The molecule has 1 aliphatic carbocycles. The van der Waals surface area contributed by atoms with Gasteiger partial charge in [0.2, 0.25) is 0 Å². The van der Waals surface area contributed by atoms with Crippen LogP contribution in [0, 0.1) is 11.8 Å². The standard InChI is InChI=1S/C10H18O2/c1-8(10(11)12)6-7-9-4-2-3-5-9/h8-9H,2-7H2,1H3,(H,11,12)/t8-/m1/s1. The van der Waals surface area contributed by atoms with Gasteiger partial charge in [0.1, 0.15) is 0 Å². The van der Waals surface area contributed by atoms with E-state index in [0.29, 0.717) is 0 Å². The van der Waals surface area contributed by atoms with Crippen LogP contribution in [0.4, 0.5) is 0 Å². The topological polar surface area (TPSA) is 37.3 Å². The Morgan fingerprint density at radius 3 is 2.58 bits per heavy atom. The Morgan fingerprint density at radius 2 is 2.08 bits per heavy atom. The molecule has 2 heteroatoms. The maximum absolute atomic E-state index is 10.5. The SMILES string of the molecule is C[C@H](CCC1CCCC1)C(=O)O. The van der Waals surface area contributed by atoms with Gasteiger partial charge in [0, 0.05) is 0 Å². The van der Waals surface area contributed by atoms with Crippen LogP contribution in [0.2, 0.25) is 0 Å². The fourth-order valence-corrected chi connectivity index (χ4v) is 1.91. The molecule has 1 rings (SSSR count). The van der Waals surface area contributed by atoms with Gasteiger partial charge < -0.3 is 5.11 Å². The largest absolute Gasteiger partial charge is 0.481 e. The summed E-state index contributed by atoms with van der Waals surface area (Å²) < 4.78 is 0. The van der Waals surface area contributed by atoms with Crippen molar-refractivity contribution >= 4 is 5.97 Å². The van der Waals surface area contributed by atoms with Gasteiger partial charge in [-0.25, -0.2) is 0 Å². The highest BCUT2D eigenvalue weighted by molar-refractivity contribution is 5.69. The van der Waals surface area contributed by atoms with Crippen LogP contribution in [-0.2, 0) is 4.79 Å². The van der Waals surface area contributed by atoms with Crippen molar-refractivity contribution in [2.75, 3.05) is 0 Å². The molecule has 0 spiro atoms. The normalized spacial score (nSPS) is 21.1. The van der Waals surface area contributed by atoms with E-state index in [4.69, 9.17) is 5.11 Å². The third-order valence-electron chi connectivity index (χ3n) is 2.90. The molecule has 0 saturated heterocycles. The second-order valence-corrected chi connectivity index (χ2v) is 3.97. The zero-order valence-corrected chi connectivity index (χ0v) is 7.75. The van der Waals surface area contributed by atoms with Gasteiger partial charge in [0.05, 0.1) is 5.92 Å². The van der Waals surface area contributed by atoms with Gasteiger partial charge in [-0.3, -0.25) is 4.79 Å². The van der Waals surface area contributed by atoms with Gasteiger partial charge in [-0.15, -0.1) is 0 Å². The van der Waals surface area contributed by atoms with Gasteiger partial charge in [-0.2, -0.15) is 0 Å². The lowest BCUT2D eigenvalue weighted by Gasteiger charge is -2.10. The summed E-state index contributed by atoms with van der Waals surface area (Å²) in [6, 6.07) is 0. The summed E-state index contributed by atoms with van der Waals surface area (Å²) in [4.78, 5) is 10.5. The Bertz CT molecular complexity index is 148. The average molecular weight is 170 g/mol. The zero-order chi connectivity index (χ0) is 8.97. The zero-order valence-electron chi connectivity index (χ0n) is 7.75. The molecule has 2 nitrogen and oxygen atoms in total. The Kier molecular flexibility index (Phi) is 3.57. The molecule has 0 aliphatic heterocycles. The predicted octanol–water partition coefficient (Wildman–Crippen LogP) is 2.68. The van der Waals surface area contributed by atoms with E-state index in [1.54, 1.807) is 6.92 Å². The van der Waals surface area contributed by atoms with E-state index in [9.17, 15) is 4.79 Å². The summed E-state index contributed by atoms with van der Waals surface area (Å²) in [5, 5.41) is 8.66. The summed E-state index contributed by atoms with van der Waals surface area (Å²) in [5.41, 5.74) is 0. The van der Waals surface area contributed by atoms with Crippen molar-refractivity contribution in [1.82, 2.24) is 0 Å². The van der Waals surface area contributed by atoms with Crippen LogP contribution in [0.3, 0.4) is 0 Å². The minimum Gasteiger partial charge on any atom is -0.481 e. The monoisotopic (exact) mass is 170 g/mol. The molecule has 0 bridgehead atoms. The highest BCUT2D eigenvalue weighted by Gasteiger charge is 2.17. The predicted molar refractivity (Wildman–Crippen MR) is 48.0 cm³/mol. The number of rotatable bonds is 4. The molecular weight excluding hydrogens is 152 g/mol. The molecule has 0 amide bonds. The lowest BCUT2D eigenvalue weighted by atomic mass is 9.96. The maximum Gasteiger partial charge on any atom is 0.306 e. The summed E-state index contributed by atoms with van der Waals surface area (Å²) >= 11 is 0. The molecule has 1 fully saturated rings. The average Bonchev–Trinajstić information content (AvgIpc) is 2.51. The van der Waals surface area contributed by atoms with Crippen LogP contribution in [0.5, 0.6) is 0 Å². The number of hydrogen-bond donors (Lipinski definition) is 1. The molecule has 0 aromatic heterocycles. The first-order chi connectivity index (χ1) is 5.70. The highest BCUT2D eigenvalue weighted by atomic mass is 16.4. The first kappa shape index (κ1) is 9.56. The van der Waals surface area contributed by atoms with Crippen LogP contribution in [0.25, 0.3) is 0 Å². The minimum atomic E-state index is -0.645. The van der Waals surface area contributed by atoms with E-state index in [0.717, 1.165) is 18.8 Å². The van der Waals surface area contributed by atoms with E-state index in [-0.39, 0.29) is 5.92 Å². The Hall–Kier alpha value is -0.530. The Morgan fingerprint density at radius 1 is 1.50 bits per heavy atom. The number of carboxylic acids is 1. The van der Waals surface area contributed by atoms with E-state index in [1.807, 2.05) is 0 Å². The molecule has 1 N–H and O–H groups in total. The fraction of sp³-hybridized carbons (Fsp3) is 0.900. The molecular formula is C10H18O2. The van der Waals surface area contributed by atoms with E-state index < -0.39 is 5.97 Å². The molecule has 0 unspecified atom stereocenters. The molecule has 0 aromatic rings. The van der Waals surface area contributed by atoms with Crippen LogP contribution in [0.15, 0.2) is 0 Å². The third kappa shape index (κ3) is 2.84. The van der Waals surface area contributed by atoms with E-state index in [2.05, 4.69) is 0 Å². The summed E-state index contributed by atoms with van der Waals surface area (Å²) in [5.74, 6) is 0.0328. The second kappa shape index (κ2) is 4.48. The van der Waals surface area contributed by atoms with Crippen molar-refractivity contribution in [3.63, 3.8) is 0 Å². The lowest BCUT2D eigenvalue weighted by molar-refractivity contribution is -0.141. The maximum atomic E-state index is 10.5. The van der Waals surface area contributed by atoms with Gasteiger partial charge in [0.15, 0.2) is 0 Å². The van der Waals surface area contributed by atoms with Crippen molar-refractivity contribution in [2.45, 2.75) is 45.4 Å². The molecule has 70 valence electrons. The fourth-order valence-electron chi connectivity index (χ4n) is 1.91. The number of hydrogen-bond acceptors (Lipinski definition) is 1. The highest BCUT2D eigenvalue weighted by Crippen LogP contribution is 2.29. The van der Waals surface area contributed by atoms with Gasteiger partial charge in [-0.05, 0) is 18.8 Å². The molecule has 0 aromatic carbocycles. The number of carboxylic acid groups (broad SMARTS) is 1. The van der Waals surface area contributed by atoms with E-state index >= 15 is 0 Å². The van der Waals surface area contributed by atoms with Crippen molar-refractivity contribution in [3.05, 3.63) is 0 Å². The van der Waals surface area contributed by atoms with Crippen molar-refractivity contribution < 1.29 is 9.90 Å². The molecule has 1 saturated carbocycles. The van der Waals surface area contributed by atoms with Crippen LogP contribution in [-0.4, -0.2) is 11.1 Å². The van der Waals surface area contributed by atoms with Crippen molar-refractivity contribution in [3.8, 4) is 0 Å². The number of aliphatic carboxylic acids is 1. The molecule has 0 heterocycles. The van der Waals surface area contributed by atoms with Crippen LogP contribution < -0.4 is 0 Å². The summed E-state index contributed by atoms with van der Waals surface area (Å²) in [7, 11) is 0. The molecule has 12 heavy (non-hydrogen) atoms. The first-order valence-electron chi connectivity index (χ1n) is 4.93. The summed E-state index contributed by atoms with van der Waals surface area (Å²) in [6.07, 6.45) is 7.34. The Balaban J connectivity index is 2.11. The van der Waals surface area contributed by atoms with Gasteiger partial charge in [-0.1, -0.05) is 32.6 Å². The molecule has 0 radical (unpaired) electrons. The smallest absolute Gasteiger partial charge is 0.306 e. The summed E-state index contributed by atoms with van der Waals surface area (Å²) in [6.45, 7) is 1.80. The number of carbonyl (C=O) groups is 1. The first-order valence-corrected chi connectivity index (χ1v) is 4.93. The third-order valence-corrected chi connectivity index (χ3v) is 2.90. The molecule has 1 atom stereocenters. The van der Waals surface area contributed by atoms with Crippen molar-refractivity contribution in [2.24, 2.45) is 11.8 Å². The van der Waals surface area contributed by atoms with Crippen LogP contribution >= 0.6 is 0 Å². The van der Waals surface area contributed by atoms with Gasteiger partial charge in [0.25, 0.3) is 0 Å².